The van der Waals surface area contributed by atoms with Crippen LogP contribution in [-0.4, -0.2) is 150 Å². The van der Waals surface area contributed by atoms with Crippen molar-refractivity contribution < 1.29 is 37.7 Å². The number of carbonyl (C=O) groups excluding carboxylic acids is 3. The van der Waals surface area contributed by atoms with E-state index in [0.717, 1.165) is 71.4 Å². The van der Waals surface area contributed by atoms with Crippen LogP contribution in [0.2, 0.25) is 0 Å². The monoisotopic (exact) mass is 1040 g/mol. The van der Waals surface area contributed by atoms with E-state index in [-0.39, 0.29) is 87.2 Å². The summed E-state index contributed by atoms with van der Waals surface area (Å²) in [5.41, 5.74) is 1.20. The maximum atomic E-state index is 17.2. The number of fused-ring (bicyclic) bond motifs is 4. The topological polar surface area (TPSA) is 169 Å². The molecule has 0 radical (unpaired) electrons. The van der Waals surface area contributed by atoms with Crippen LogP contribution in [-0.2, 0) is 4.79 Å². The lowest BCUT2D eigenvalue weighted by Crippen LogP contribution is -2.59. The molecule has 1 saturated carbocycles. The average molecular weight is 1040 g/mol. The van der Waals surface area contributed by atoms with Crippen molar-refractivity contribution in [3.63, 3.8) is 0 Å². The molecule has 1 aliphatic carbocycles. The van der Waals surface area contributed by atoms with Gasteiger partial charge in [-0.3, -0.25) is 24.8 Å². The number of amides is 4. The van der Waals surface area contributed by atoms with E-state index in [1.807, 2.05) is 4.90 Å². The summed E-state index contributed by atoms with van der Waals surface area (Å²) >= 11 is 0. The summed E-state index contributed by atoms with van der Waals surface area (Å²) in [6.45, 7) is 13.5. The Morgan fingerprint density at radius 1 is 0.961 bits per heavy atom. The predicted octanol–water partition coefficient (Wildman–Crippen LogP) is 7.73. The summed E-state index contributed by atoms with van der Waals surface area (Å²) < 4.78 is 44.2. The molecule has 400 valence electrons. The number of nitrogens with one attached hydrogen (secondary N) is 2. The minimum absolute atomic E-state index is 0.0273. The number of likely N-dealkylation sites (tertiary alicyclic amines) is 1. The Morgan fingerprint density at radius 3 is 2.47 bits per heavy atom. The van der Waals surface area contributed by atoms with Gasteiger partial charge in [-0.1, -0.05) is 25.8 Å². The largest absolute Gasteiger partial charge is 0.508 e. The van der Waals surface area contributed by atoms with Crippen LogP contribution >= 0.6 is 0 Å². The second-order valence-electron chi connectivity index (χ2n) is 22.5. The summed E-state index contributed by atoms with van der Waals surface area (Å²) in [7, 11) is 1.53. The molecule has 18 heteroatoms. The number of urea groups is 1. The summed E-state index contributed by atoms with van der Waals surface area (Å²) in [4.78, 5) is 63.2. The highest BCUT2D eigenvalue weighted by Gasteiger charge is 2.45. The van der Waals surface area contributed by atoms with Crippen LogP contribution < -0.4 is 29.9 Å². The molecule has 6 aliphatic rings. The van der Waals surface area contributed by atoms with Gasteiger partial charge < -0.3 is 39.5 Å². The molecule has 5 aromatic rings. The number of benzene rings is 3. The van der Waals surface area contributed by atoms with E-state index in [9.17, 15) is 19.5 Å². The van der Waals surface area contributed by atoms with Gasteiger partial charge in [0, 0.05) is 119 Å². The Labute approximate surface area is 442 Å². The molecule has 7 heterocycles. The summed E-state index contributed by atoms with van der Waals surface area (Å²) in [5, 5.41) is 18.1. The first-order valence-electron chi connectivity index (χ1n) is 27.2. The zero-order valence-electron chi connectivity index (χ0n) is 43.8. The lowest BCUT2D eigenvalue weighted by molar-refractivity contribution is -0.120. The first-order chi connectivity index (χ1) is 36.7. The smallest absolute Gasteiger partial charge is 0.328 e. The van der Waals surface area contributed by atoms with Gasteiger partial charge in [0.25, 0.3) is 5.91 Å². The number of hydrogen-bond donors (Lipinski definition) is 3. The molecule has 3 N–H and O–H groups in total. The quantitative estimate of drug-likeness (QED) is 0.0982. The van der Waals surface area contributed by atoms with Crippen molar-refractivity contribution in [3.05, 3.63) is 71.4 Å². The third kappa shape index (κ3) is 10.1. The van der Waals surface area contributed by atoms with Crippen molar-refractivity contribution in [2.75, 3.05) is 95.5 Å². The van der Waals surface area contributed by atoms with E-state index in [1.54, 1.807) is 24.4 Å². The molecule has 4 amide bonds. The molecular weight excluding hydrogens is 971 g/mol. The minimum atomic E-state index is -0.739. The maximum Gasteiger partial charge on any atom is 0.328 e. The Kier molecular flexibility index (Phi) is 14.2. The van der Waals surface area contributed by atoms with Crippen LogP contribution in [0, 0.1) is 41.2 Å². The number of hydrogen-bond acceptors (Lipinski definition) is 13. The first kappa shape index (κ1) is 51.4. The number of pyridine rings is 1. The standard InChI is InChI=1S/C58H68F2N10O6/c1-5-42-45(59)9-7-38-27-41(71)29-43(49(38)42)51-50(60)52-44(30-61-51)53(69-33-40-13-17-58(6-2,35-69)65-40)64-55(63-52)76-34-36(3)31-66-23-25-67(26-24-66)32-37-11-15-57(16-12-37)18-21-68(22-19-57)54(73)39-8-10-47(75-4)46(28-39)70-20-14-48(72)62-56(70)74/h1,7-10,27-30,36-37,40,65,71H,6,11-26,31-35H2,2-4H3,(H,62,72,74)/t36-,40?,58?/m1/s1. The van der Waals surface area contributed by atoms with Gasteiger partial charge in [0.2, 0.25) is 5.91 Å². The maximum absolute atomic E-state index is 17.2. The summed E-state index contributed by atoms with van der Waals surface area (Å²) in [5.74, 6) is 2.35. The number of anilines is 2. The Hall–Kier alpha value is -6.68. The van der Waals surface area contributed by atoms with Gasteiger partial charge >= 0.3 is 12.0 Å². The molecule has 5 saturated heterocycles. The summed E-state index contributed by atoms with van der Waals surface area (Å²) in [6, 6.07) is 10.6. The lowest BCUT2D eigenvalue weighted by atomic mass is 9.65. The average Bonchev–Trinajstić information content (AvgIpc) is 3.74. The fourth-order valence-electron chi connectivity index (χ4n) is 13.2. The number of halogens is 2. The number of imide groups is 1. The molecule has 16 nitrogen and oxygen atoms in total. The van der Waals surface area contributed by atoms with Crippen molar-refractivity contribution in [2.24, 2.45) is 17.3 Å². The van der Waals surface area contributed by atoms with Gasteiger partial charge in [-0.15, -0.1) is 6.42 Å². The number of rotatable bonds is 13. The van der Waals surface area contributed by atoms with Crippen LogP contribution in [0.3, 0.4) is 0 Å². The molecule has 3 atom stereocenters. The van der Waals surface area contributed by atoms with Gasteiger partial charge in [0.05, 0.1) is 30.4 Å². The van der Waals surface area contributed by atoms with E-state index in [0.29, 0.717) is 72.3 Å². The van der Waals surface area contributed by atoms with Crippen LogP contribution in [0.25, 0.3) is 32.9 Å². The molecule has 2 aromatic heterocycles. The Balaban J connectivity index is 0.693. The van der Waals surface area contributed by atoms with E-state index >= 15 is 8.78 Å². The van der Waals surface area contributed by atoms with Gasteiger partial charge in [0.15, 0.2) is 5.82 Å². The second-order valence-corrected chi connectivity index (χ2v) is 22.5. The van der Waals surface area contributed by atoms with Crippen LogP contribution in [0.1, 0.15) is 94.0 Å². The van der Waals surface area contributed by atoms with E-state index in [1.165, 1.54) is 62.0 Å². The number of methoxy groups -OCH3 is 1. The zero-order chi connectivity index (χ0) is 52.9. The number of carbonyl (C=O) groups is 3. The fraction of sp³-hybridized carbons (Fsp3) is 0.517. The number of aromatic hydroxyl groups is 1. The van der Waals surface area contributed by atoms with Gasteiger partial charge in [-0.05, 0) is 111 Å². The number of aromatic nitrogens is 3. The molecule has 76 heavy (non-hydrogen) atoms. The number of nitrogens with zero attached hydrogens (tertiary/aromatic N) is 8. The van der Waals surface area contributed by atoms with Crippen LogP contribution in [0.4, 0.5) is 25.1 Å². The number of phenolic OH excluding ortho intramolecular Hbond substituents is 1. The predicted molar refractivity (Wildman–Crippen MR) is 287 cm³/mol. The molecular formula is C58H68F2N10O6. The number of ether oxygens (including phenoxy) is 2. The number of piperidine rings is 1. The van der Waals surface area contributed by atoms with Gasteiger partial charge in [-0.2, -0.15) is 9.97 Å². The van der Waals surface area contributed by atoms with Crippen LogP contribution in [0.5, 0.6) is 17.5 Å². The van der Waals surface area contributed by atoms with Crippen molar-refractivity contribution in [3.8, 4) is 41.1 Å². The summed E-state index contributed by atoms with van der Waals surface area (Å²) in [6.07, 6.45) is 17.3. The van der Waals surface area contributed by atoms with Crippen LogP contribution in [0.15, 0.2) is 48.7 Å². The molecule has 3 aromatic carbocycles. The SMILES string of the molecule is C#Cc1c(F)ccc2cc(O)cc(-c3ncc4c(N5CC6CCC(CC)(C5)N6)nc(OC[C@H](C)CN5CCN(CC6CCC7(CC6)CCN(C(=O)c6ccc(OC)c(N8CCC(=O)NC8=O)c6)CC7)CC5)nc4c3F)c12. The van der Waals surface area contributed by atoms with Crippen molar-refractivity contribution >= 4 is 51.0 Å². The van der Waals surface area contributed by atoms with Crippen molar-refractivity contribution in [2.45, 2.75) is 89.6 Å². The van der Waals surface area contributed by atoms with Crippen molar-refractivity contribution in [1.82, 2.24) is 40.3 Å². The lowest BCUT2D eigenvalue weighted by Gasteiger charge is -2.47. The van der Waals surface area contributed by atoms with Gasteiger partial charge in [-0.25, -0.2) is 13.6 Å². The fourth-order valence-corrected chi connectivity index (χ4v) is 13.2. The zero-order valence-corrected chi connectivity index (χ0v) is 43.8. The molecule has 2 unspecified atom stereocenters. The third-order valence-corrected chi connectivity index (χ3v) is 17.6. The minimum Gasteiger partial charge on any atom is -0.508 e. The number of piperazine rings is 2. The molecule has 5 aliphatic heterocycles. The number of terminal acetylenes is 1. The number of phenols is 1. The molecule has 11 rings (SSSR count). The van der Waals surface area contributed by atoms with E-state index in [4.69, 9.17) is 25.9 Å². The Morgan fingerprint density at radius 2 is 1.74 bits per heavy atom. The van der Waals surface area contributed by atoms with E-state index in [2.05, 4.69) is 50.1 Å². The second kappa shape index (κ2) is 21.0. The van der Waals surface area contributed by atoms with E-state index < -0.39 is 17.7 Å². The Bertz CT molecular complexity index is 3110. The first-order valence-corrected chi connectivity index (χ1v) is 27.2. The normalized spacial score (nSPS) is 22.8. The third-order valence-electron chi connectivity index (χ3n) is 17.6. The van der Waals surface area contributed by atoms with Crippen molar-refractivity contribution in [1.29, 1.82) is 0 Å². The van der Waals surface area contributed by atoms with Gasteiger partial charge in [0.1, 0.15) is 34.3 Å². The highest BCUT2D eigenvalue weighted by Crippen LogP contribution is 2.47. The molecule has 1 spiro atoms. The molecule has 6 fully saturated rings. The highest BCUT2D eigenvalue weighted by atomic mass is 19.1. The highest BCUT2D eigenvalue weighted by molar-refractivity contribution is 6.07. The molecule has 2 bridgehead atoms.